The summed E-state index contributed by atoms with van der Waals surface area (Å²) >= 11 is 0. The van der Waals surface area contributed by atoms with Gasteiger partial charge >= 0.3 is 0 Å². The molecular weight excluding hydrogens is 262 g/mol. The van der Waals surface area contributed by atoms with Gasteiger partial charge in [0, 0.05) is 21.7 Å². The molecule has 0 bridgehead atoms. The Kier molecular flexibility index (Phi) is 3.37. The molecule has 21 heavy (non-hydrogen) atoms. The second-order valence-corrected chi connectivity index (χ2v) is 4.63. The van der Waals surface area contributed by atoms with E-state index in [9.17, 15) is 4.79 Å². The van der Waals surface area contributed by atoms with Crippen molar-refractivity contribution in [2.75, 3.05) is 0 Å². The van der Waals surface area contributed by atoms with E-state index in [0.717, 1.165) is 10.8 Å². The molecule has 3 rings (SSSR count). The molecule has 0 aliphatic rings. The molecular formula is C17H11N3O. The Balaban J connectivity index is 1.97. The van der Waals surface area contributed by atoms with Crippen LogP contribution >= 0.6 is 0 Å². The lowest BCUT2D eigenvalue weighted by molar-refractivity contribution is 0.103. The summed E-state index contributed by atoms with van der Waals surface area (Å²) in [6, 6.07) is 20.2. The molecule has 0 aromatic heterocycles. The minimum Gasteiger partial charge on any atom is -0.289 e. The molecule has 0 radical (unpaired) electrons. The Labute approximate surface area is 121 Å². The summed E-state index contributed by atoms with van der Waals surface area (Å²) < 4.78 is 0. The summed E-state index contributed by atoms with van der Waals surface area (Å²) in [5.74, 6) is -0.0479. The Morgan fingerprint density at radius 1 is 0.857 bits per heavy atom. The van der Waals surface area contributed by atoms with Crippen LogP contribution in [0.15, 0.2) is 71.8 Å². The lowest BCUT2D eigenvalue weighted by Gasteiger charge is -2.04. The minimum absolute atomic E-state index is 0.0479. The summed E-state index contributed by atoms with van der Waals surface area (Å²) in [7, 11) is 0. The Hall–Kier alpha value is -3.10. The van der Waals surface area contributed by atoms with Crippen LogP contribution in [0, 0.1) is 0 Å². The van der Waals surface area contributed by atoms with Gasteiger partial charge in [0.15, 0.2) is 5.78 Å². The molecule has 4 heteroatoms. The van der Waals surface area contributed by atoms with Gasteiger partial charge < -0.3 is 0 Å². The van der Waals surface area contributed by atoms with Crippen LogP contribution in [0.2, 0.25) is 0 Å². The van der Waals surface area contributed by atoms with Crippen molar-refractivity contribution in [1.82, 2.24) is 0 Å². The highest BCUT2D eigenvalue weighted by Crippen LogP contribution is 2.20. The molecule has 0 saturated carbocycles. The van der Waals surface area contributed by atoms with Gasteiger partial charge in [0.25, 0.3) is 0 Å². The SMILES string of the molecule is [N-]=[N+]=Nc1ccc(C(=O)c2ccc3ccccc3c2)cc1. The Morgan fingerprint density at radius 3 is 2.24 bits per heavy atom. The first-order valence-electron chi connectivity index (χ1n) is 6.46. The molecule has 0 saturated heterocycles. The van der Waals surface area contributed by atoms with E-state index in [1.807, 2.05) is 42.5 Å². The van der Waals surface area contributed by atoms with Gasteiger partial charge in [-0.05, 0) is 22.4 Å². The summed E-state index contributed by atoms with van der Waals surface area (Å²) in [6.45, 7) is 0. The summed E-state index contributed by atoms with van der Waals surface area (Å²) in [5, 5.41) is 5.63. The maximum absolute atomic E-state index is 12.5. The molecule has 4 nitrogen and oxygen atoms in total. The third-order valence-electron chi connectivity index (χ3n) is 3.30. The monoisotopic (exact) mass is 273 g/mol. The van der Waals surface area contributed by atoms with E-state index in [-0.39, 0.29) is 5.78 Å². The lowest BCUT2D eigenvalue weighted by Crippen LogP contribution is -2.00. The molecule has 0 spiro atoms. The van der Waals surface area contributed by atoms with Crippen molar-refractivity contribution in [3.63, 3.8) is 0 Å². The molecule has 0 aliphatic heterocycles. The van der Waals surface area contributed by atoms with E-state index in [1.54, 1.807) is 24.3 Å². The highest BCUT2D eigenvalue weighted by atomic mass is 16.1. The van der Waals surface area contributed by atoms with Crippen molar-refractivity contribution in [3.05, 3.63) is 88.3 Å². The van der Waals surface area contributed by atoms with Crippen LogP contribution in [0.25, 0.3) is 21.2 Å². The minimum atomic E-state index is -0.0479. The van der Waals surface area contributed by atoms with Crippen molar-refractivity contribution < 1.29 is 4.79 Å². The number of hydrogen-bond donors (Lipinski definition) is 0. The first kappa shape index (κ1) is 12.9. The fraction of sp³-hybridized carbons (Fsp3) is 0. The molecule has 0 atom stereocenters. The van der Waals surface area contributed by atoms with E-state index >= 15 is 0 Å². The zero-order valence-electron chi connectivity index (χ0n) is 11.1. The van der Waals surface area contributed by atoms with Gasteiger partial charge in [0.2, 0.25) is 0 Å². The smallest absolute Gasteiger partial charge is 0.193 e. The normalized spacial score (nSPS) is 10.1. The third-order valence-corrected chi connectivity index (χ3v) is 3.30. The molecule has 0 aliphatic carbocycles. The molecule has 100 valence electrons. The number of rotatable bonds is 3. The van der Waals surface area contributed by atoms with Crippen LogP contribution in [0.5, 0.6) is 0 Å². The molecule has 3 aromatic carbocycles. The van der Waals surface area contributed by atoms with Crippen molar-refractivity contribution in [2.24, 2.45) is 5.11 Å². The van der Waals surface area contributed by atoms with E-state index in [0.29, 0.717) is 16.8 Å². The fourth-order valence-electron chi connectivity index (χ4n) is 2.23. The highest BCUT2D eigenvalue weighted by molar-refractivity contribution is 6.10. The topological polar surface area (TPSA) is 65.8 Å². The number of hydrogen-bond acceptors (Lipinski definition) is 2. The molecule has 0 heterocycles. The number of ketones is 1. The standard InChI is InChI=1S/C17H11N3O/c18-20-19-16-9-7-13(8-10-16)17(21)15-6-5-12-3-1-2-4-14(12)11-15/h1-11H. The predicted molar refractivity (Wildman–Crippen MR) is 82.6 cm³/mol. The van der Waals surface area contributed by atoms with Crippen LogP contribution in [0.1, 0.15) is 15.9 Å². The zero-order valence-corrected chi connectivity index (χ0v) is 11.1. The number of carbonyl (C=O) groups excluding carboxylic acids is 1. The molecule has 0 unspecified atom stereocenters. The second-order valence-electron chi connectivity index (χ2n) is 4.63. The molecule has 0 amide bonds. The lowest BCUT2D eigenvalue weighted by atomic mass is 10.00. The maximum Gasteiger partial charge on any atom is 0.193 e. The predicted octanol–water partition coefficient (Wildman–Crippen LogP) is 5.01. The van der Waals surface area contributed by atoms with E-state index in [1.165, 1.54) is 0 Å². The molecule has 0 N–H and O–H groups in total. The number of carbonyl (C=O) groups is 1. The summed E-state index contributed by atoms with van der Waals surface area (Å²) in [6.07, 6.45) is 0. The largest absolute Gasteiger partial charge is 0.289 e. The van der Waals surface area contributed by atoms with Crippen molar-refractivity contribution in [3.8, 4) is 0 Å². The number of benzene rings is 3. The van der Waals surface area contributed by atoms with Gasteiger partial charge in [-0.15, -0.1) is 0 Å². The van der Waals surface area contributed by atoms with Gasteiger partial charge in [-0.25, -0.2) is 0 Å². The summed E-state index contributed by atoms with van der Waals surface area (Å²) in [4.78, 5) is 15.2. The second kappa shape index (κ2) is 5.49. The average molecular weight is 273 g/mol. The molecule has 3 aromatic rings. The van der Waals surface area contributed by atoms with Gasteiger partial charge in [0.05, 0.1) is 0 Å². The van der Waals surface area contributed by atoms with Crippen LogP contribution in [-0.2, 0) is 0 Å². The van der Waals surface area contributed by atoms with Crippen molar-refractivity contribution in [2.45, 2.75) is 0 Å². The number of azide groups is 1. The third kappa shape index (κ3) is 2.61. The van der Waals surface area contributed by atoms with Crippen LogP contribution in [-0.4, -0.2) is 5.78 Å². The number of fused-ring (bicyclic) bond motifs is 1. The van der Waals surface area contributed by atoms with Crippen molar-refractivity contribution in [1.29, 1.82) is 0 Å². The van der Waals surface area contributed by atoms with E-state index in [4.69, 9.17) is 5.53 Å². The molecule has 0 fully saturated rings. The van der Waals surface area contributed by atoms with Gasteiger partial charge in [-0.1, -0.05) is 65.8 Å². The Bertz CT molecular complexity index is 863. The van der Waals surface area contributed by atoms with E-state index in [2.05, 4.69) is 10.0 Å². The quantitative estimate of drug-likeness (QED) is 0.286. The Morgan fingerprint density at radius 2 is 1.52 bits per heavy atom. The van der Waals surface area contributed by atoms with Crippen molar-refractivity contribution >= 4 is 22.2 Å². The zero-order chi connectivity index (χ0) is 14.7. The van der Waals surface area contributed by atoms with Gasteiger partial charge in [-0.2, -0.15) is 0 Å². The average Bonchev–Trinajstić information content (AvgIpc) is 2.55. The summed E-state index contributed by atoms with van der Waals surface area (Å²) in [5.41, 5.74) is 10.1. The first-order valence-corrected chi connectivity index (χ1v) is 6.46. The highest BCUT2D eigenvalue weighted by Gasteiger charge is 2.09. The fourth-order valence-corrected chi connectivity index (χ4v) is 2.23. The van der Waals surface area contributed by atoms with Crippen LogP contribution in [0.4, 0.5) is 5.69 Å². The van der Waals surface area contributed by atoms with Gasteiger partial charge in [-0.3, -0.25) is 4.79 Å². The van der Waals surface area contributed by atoms with E-state index < -0.39 is 0 Å². The number of nitrogens with zero attached hydrogens (tertiary/aromatic N) is 3. The first-order chi connectivity index (χ1) is 10.3. The van der Waals surface area contributed by atoms with Gasteiger partial charge in [0.1, 0.15) is 0 Å². The van der Waals surface area contributed by atoms with Crippen LogP contribution in [0.3, 0.4) is 0 Å². The van der Waals surface area contributed by atoms with Crippen LogP contribution < -0.4 is 0 Å². The maximum atomic E-state index is 12.5.